The molecule has 0 spiro atoms. The molecule has 1 aliphatic heterocycles. The number of amides is 2. The zero-order valence-electron chi connectivity index (χ0n) is 13.7. The van der Waals surface area contributed by atoms with Crippen LogP contribution in [0.3, 0.4) is 0 Å². The lowest BCUT2D eigenvalue weighted by Gasteiger charge is -2.35. The van der Waals surface area contributed by atoms with Crippen molar-refractivity contribution in [2.24, 2.45) is 0 Å². The van der Waals surface area contributed by atoms with E-state index in [1.54, 1.807) is 4.90 Å². The van der Waals surface area contributed by atoms with E-state index in [0.717, 1.165) is 18.4 Å². The largest absolute Gasteiger partial charge is 0.351 e. The van der Waals surface area contributed by atoms with Gasteiger partial charge in [-0.25, -0.2) is 0 Å². The Morgan fingerprint density at radius 3 is 2.70 bits per heavy atom. The first-order chi connectivity index (χ1) is 11.1. The van der Waals surface area contributed by atoms with Crippen molar-refractivity contribution in [3.05, 3.63) is 47.0 Å². The van der Waals surface area contributed by atoms with Gasteiger partial charge in [0.1, 0.15) is 6.04 Å². The molecule has 1 aliphatic carbocycles. The Labute approximate surface area is 137 Å². The molecule has 0 saturated carbocycles. The van der Waals surface area contributed by atoms with Crippen LogP contribution in [0.15, 0.2) is 35.9 Å². The average Bonchev–Trinajstić information content (AvgIpc) is 2.59. The third-order valence-electron chi connectivity index (χ3n) is 4.83. The summed E-state index contributed by atoms with van der Waals surface area (Å²) in [5, 5.41) is 3.04. The molecule has 0 radical (unpaired) electrons. The maximum Gasteiger partial charge on any atom is 0.243 e. The molecule has 2 amide bonds. The Kier molecular flexibility index (Phi) is 4.79. The summed E-state index contributed by atoms with van der Waals surface area (Å²) in [6.07, 6.45) is 7.47. The molecule has 0 aromatic heterocycles. The van der Waals surface area contributed by atoms with Gasteiger partial charge < -0.3 is 10.2 Å². The maximum absolute atomic E-state index is 12.6. The van der Waals surface area contributed by atoms with Crippen LogP contribution < -0.4 is 5.32 Å². The van der Waals surface area contributed by atoms with Gasteiger partial charge in [0.2, 0.25) is 11.8 Å². The van der Waals surface area contributed by atoms with E-state index in [1.165, 1.54) is 30.9 Å². The van der Waals surface area contributed by atoms with E-state index in [-0.39, 0.29) is 11.8 Å². The first-order valence-electron chi connectivity index (χ1n) is 8.45. The van der Waals surface area contributed by atoms with E-state index in [1.807, 2.05) is 18.2 Å². The first-order valence-corrected chi connectivity index (χ1v) is 8.45. The van der Waals surface area contributed by atoms with E-state index >= 15 is 0 Å². The van der Waals surface area contributed by atoms with Crippen molar-refractivity contribution >= 4 is 11.8 Å². The number of benzene rings is 1. The standard InChI is InChI=1S/C19H24N2O2/c1-14(22)21-13-17-10-6-5-9-16(17)11-18(21)19(23)20-12-15-7-3-2-4-8-15/h5-7,9-10,18H,2-4,8,11-13H2,1H3,(H,20,23). The fourth-order valence-corrected chi connectivity index (χ4v) is 3.47. The fourth-order valence-electron chi connectivity index (χ4n) is 3.47. The van der Waals surface area contributed by atoms with Gasteiger partial charge in [0.25, 0.3) is 0 Å². The summed E-state index contributed by atoms with van der Waals surface area (Å²) >= 11 is 0. The van der Waals surface area contributed by atoms with Gasteiger partial charge in [0.15, 0.2) is 0 Å². The zero-order chi connectivity index (χ0) is 16.2. The van der Waals surface area contributed by atoms with Crippen molar-refractivity contribution in [3.8, 4) is 0 Å². The number of fused-ring (bicyclic) bond motifs is 1. The van der Waals surface area contributed by atoms with Gasteiger partial charge in [-0.15, -0.1) is 0 Å². The highest BCUT2D eigenvalue weighted by molar-refractivity contribution is 5.87. The van der Waals surface area contributed by atoms with Crippen LogP contribution in [-0.4, -0.2) is 29.3 Å². The van der Waals surface area contributed by atoms with E-state index in [2.05, 4.69) is 17.5 Å². The lowest BCUT2D eigenvalue weighted by Crippen LogP contribution is -2.52. The molecule has 1 aromatic rings. The topological polar surface area (TPSA) is 49.4 Å². The third kappa shape index (κ3) is 3.63. The summed E-state index contributed by atoms with van der Waals surface area (Å²) in [6, 6.07) is 7.66. The number of rotatable bonds is 3. The van der Waals surface area contributed by atoms with Gasteiger partial charge in [-0.1, -0.05) is 35.9 Å². The Bertz CT molecular complexity index is 636. The molecule has 23 heavy (non-hydrogen) atoms. The van der Waals surface area contributed by atoms with Gasteiger partial charge in [0, 0.05) is 26.4 Å². The summed E-state index contributed by atoms with van der Waals surface area (Å²) in [5.41, 5.74) is 3.62. The number of hydrogen-bond donors (Lipinski definition) is 1. The molecule has 1 aromatic carbocycles. The van der Waals surface area contributed by atoms with E-state index in [4.69, 9.17) is 0 Å². The molecule has 0 saturated heterocycles. The second-order valence-corrected chi connectivity index (χ2v) is 6.46. The molecule has 0 bridgehead atoms. The number of nitrogens with zero attached hydrogens (tertiary/aromatic N) is 1. The first kappa shape index (κ1) is 15.8. The van der Waals surface area contributed by atoms with Gasteiger partial charge in [-0.05, 0) is 36.8 Å². The monoisotopic (exact) mass is 312 g/mol. The SMILES string of the molecule is CC(=O)N1Cc2ccccc2CC1C(=O)NCC1=CCCCC1. The predicted octanol–water partition coefficient (Wildman–Crippen LogP) is 2.58. The van der Waals surface area contributed by atoms with Crippen LogP contribution >= 0.6 is 0 Å². The maximum atomic E-state index is 12.6. The number of hydrogen-bond acceptors (Lipinski definition) is 2. The van der Waals surface area contributed by atoms with Crippen LogP contribution in [0.5, 0.6) is 0 Å². The van der Waals surface area contributed by atoms with Gasteiger partial charge in [0.05, 0.1) is 0 Å². The summed E-state index contributed by atoms with van der Waals surface area (Å²) in [6.45, 7) is 2.67. The van der Waals surface area contributed by atoms with Crippen LogP contribution in [0.4, 0.5) is 0 Å². The molecular formula is C19H24N2O2. The summed E-state index contributed by atoms with van der Waals surface area (Å²) < 4.78 is 0. The molecule has 3 rings (SSSR count). The molecule has 1 N–H and O–H groups in total. The highest BCUT2D eigenvalue weighted by atomic mass is 16.2. The molecule has 1 heterocycles. The van der Waals surface area contributed by atoms with E-state index < -0.39 is 6.04 Å². The molecule has 2 aliphatic rings. The van der Waals surface area contributed by atoms with Crippen molar-refractivity contribution < 1.29 is 9.59 Å². The van der Waals surface area contributed by atoms with Crippen LogP contribution in [-0.2, 0) is 22.6 Å². The minimum atomic E-state index is -0.397. The third-order valence-corrected chi connectivity index (χ3v) is 4.83. The van der Waals surface area contributed by atoms with Crippen molar-refractivity contribution in [2.75, 3.05) is 6.54 Å². The van der Waals surface area contributed by atoms with E-state index in [0.29, 0.717) is 19.5 Å². The van der Waals surface area contributed by atoms with Crippen molar-refractivity contribution in [3.63, 3.8) is 0 Å². The smallest absolute Gasteiger partial charge is 0.243 e. The normalized spacial score (nSPS) is 20.5. The molecule has 1 atom stereocenters. The second kappa shape index (κ2) is 6.99. The lowest BCUT2D eigenvalue weighted by atomic mass is 9.93. The van der Waals surface area contributed by atoms with Crippen molar-refractivity contribution in [1.82, 2.24) is 10.2 Å². The highest BCUT2D eigenvalue weighted by Crippen LogP contribution is 2.24. The minimum Gasteiger partial charge on any atom is -0.351 e. The number of nitrogens with one attached hydrogen (secondary N) is 1. The lowest BCUT2D eigenvalue weighted by molar-refractivity contribution is -0.140. The molecule has 122 valence electrons. The Balaban J connectivity index is 1.70. The van der Waals surface area contributed by atoms with Crippen LogP contribution in [0.2, 0.25) is 0 Å². The molecule has 4 nitrogen and oxygen atoms in total. The molecule has 0 fully saturated rings. The van der Waals surface area contributed by atoms with Gasteiger partial charge in [-0.3, -0.25) is 9.59 Å². The van der Waals surface area contributed by atoms with Crippen LogP contribution in [0.25, 0.3) is 0 Å². The van der Waals surface area contributed by atoms with Crippen molar-refractivity contribution in [1.29, 1.82) is 0 Å². The van der Waals surface area contributed by atoms with Crippen LogP contribution in [0.1, 0.15) is 43.7 Å². The number of allylic oxidation sites excluding steroid dienone is 1. The zero-order valence-corrected chi connectivity index (χ0v) is 13.7. The summed E-state index contributed by atoms with van der Waals surface area (Å²) in [4.78, 5) is 26.3. The van der Waals surface area contributed by atoms with Gasteiger partial charge >= 0.3 is 0 Å². The van der Waals surface area contributed by atoms with Crippen LogP contribution in [0, 0.1) is 0 Å². The number of carbonyl (C=O) groups is 2. The quantitative estimate of drug-likeness (QED) is 0.872. The Morgan fingerprint density at radius 1 is 1.22 bits per heavy atom. The molecular weight excluding hydrogens is 288 g/mol. The number of carbonyl (C=O) groups excluding carboxylic acids is 2. The predicted molar refractivity (Wildman–Crippen MR) is 89.7 cm³/mol. The average molecular weight is 312 g/mol. The highest BCUT2D eigenvalue weighted by Gasteiger charge is 2.32. The summed E-state index contributed by atoms with van der Waals surface area (Å²) in [7, 11) is 0. The van der Waals surface area contributed by atoms with Gasteiger partial charge in [-0.2, -0.15) is 0 Å². The van der Waals surface area contributed by atoms with E-state index in [9.17, 15) is 9.59 Å². The minimum absolute atomic E-state index is 0.0406. The molecule has 4 heteroatoms. The second-order valence-electron chi connectivity index (χ2n) is 6.46. The van der Waals surface area contributed by atoms with Crippen molar-refractivity contribution in [2.45, 2.75) is 51.6 Å². The Hall–Kier alpha value is -2.10. The fraction of sp³-hybridized carbons (Fsp3) is 0.474. The molecule has 1 unspecified atom stereocenters. The Morgan fingerprint density at radius 2 is 2.00 bits per heavy atom. The summed E-state index contributed by atoms with van der Waals surface area (Å²) in [5.74, 6) is -0.0855.